The van der Waals surface area contributed by atoms with Crippen LogP contribution in [-0.4, -0.2) is 28.2 Å². The molecule has 0 saturated carbocycles. The third-order valence-corrected chi connectivity index (χ3v) is 12.8. The second-order valence-electron chi connectivity index (χ2n) is 19.0. The van der Waals surface area contributed by atoms with Crippen LogP contribution in [0.1, 0.15) is 115 Å². The van der Waals surface area contributed by atoms with E-state index in [1.54, 1.807) is 6.92 Å². The van der Waals surface area contributed by atoms with Crippen molar-refractivity contribution >= 4 is 38.0 Å². The molecular formula is C51H62F6IrNO2S-. The molecule has 2 aromatic heterocycles. The first-order chi connectivity index (χ1) is 28.0. The number of aliphatic hydroxyl groups excluding tert-OH is 1. The van der Waals surface area contributed by atoms with Crippen LogP contribution < -0.4 is 0 Å². The van der Waals surface area contributed by atoms with E-state index in [1.807, 2.05) is 63.2 Å². The number of rotatable bonds is 10. The van der Waals surface area contributed by atoms with Gasteiger partial charge < -0.3 is 5.11 Å². The first-order valence-electron chi connectivity index (χ1n) is 21.0. The molecule has 5 rings (SSSR count). The van der Waals surface area contributed by atoms with Crippen LogP contribution in [-0.2, 0) is 30.3 Å². The van der Waals surface area contributed by atoms with Crippen LogP contribution >= 0.6 is 11.3 Å². The molecule has 3 aromatic carbocycles. The van der Waals surface area contributed by atoms with Crippen molar-refractivity contribution in [1.29, 1.82) is 0 Å². The summed E-state index contributed by atoms with van der Waals surface area (Å²) in [5.41, 5.74) is 4.63. The van der Waals surface area contributed by atoms with E-state index >= 15 is 0 Å². The van der Waals surface area contributed by atoms with Gasteiger partial charge in [-0.2, -0.15) is 26.3 Å². The molecule has 0 aliphatic rings. The predicted octanol–water partition coefficient (Wildman–Crippen LogP) is 16.2. The number of thiophene rings is 1. The van der Waals surface area contributed by atoms with E-state index in [1.165, 1.54) is 17.4 Å². The number of aromatic nitrogens is 1. The van der Waals surface area contributed by atoms with Gasteiger partial charge in [-0.1, -0.05) is 123 Å². The maximum Gasteiger partial charge on any atom is 0.404 e. The summed E-state index contributed by atoms with van der Waals surface area (Å²) in [5, 5.41) is 12.0. The fourth-order valence-electron chi connectivity index (χ4n) is 9.21. The Balaban J connectivity index is 0.000000435. The topological polar surface area (TPSA) is 50.2 Å². The molecule has 0 aliphatic heterocycles. The SMILES string of the molecule is CC(C)C(C(=O)/C=C(\O)C(C(C)C)C(C)C)C(C)C.Cc1cc(C)c(-c2sc3c(-c4[c-]c5ccccc5c(C(C)(C)C)c4)ncc(C(C(F)(F)F)C(F)(F)F)c3c2C)c(C)c1.[Ir]. The van der Waals surface area contributed by atoms with Crippen molar-refractivity contribution < 1.29 is 56.3 Å². The van der Waals surface area contributed by atoms with Crippen molar-refractivity contribution in [3.8, 4) is 21.7 Å². The summed E-state index contributed by atoms with van der Waals surface area (Å²) < 4.78 is 84.9. The summed E-state index contributed by atoms with van der Waals surface area (Å²) in [5.74, 6) is -2.04. The van der Waals surface area contributed by atoms with Gasteiger partial charge in [0.05, 0.1) is 5.76 Å². The zero-order valence-electron chi connectivity index (χ0n) is 38.5. The minimum absolute atomic E-state index is 0. The van der Waals surface area contributed by atoms with E-state index in [2.05, 4.69) is 87.2 Å². The van der Waals surface area contributed by atoms with E-state index in [-0.39, 0.29) is 59.0 Å². The van der Waals surface area contributed by atoms with Crippen molar-refractivity contribution in [3.63, 3.8) is 0 Å². The number of pyridine rings is 1. The minimum Gasteiger partial charge on any atom is -0.512 e. The molecule has 0 spiro atoms. The molecule has 11 heteroatoms. The van der Waals surface area contributed by atoms with Gasteiger partial charge in [-0.15, -0.1) is 40.5 Å². The summed E-state index contributed by atoms with van der Waals surface area (Å²) in [4.78, 5) is 17.3. The number of hydrogen-bond donors (Lipinski definition) is 1. The first-order valence-corrected chi connectivity index (χ1v) is 21.8. The van der Waals surface area contributed by atoms with E-state index in [4.69, 9.17) is 0 Å². The van der Waals surface area contributed by atoms with Crippen LogP contribution in [0.3, 0.4) is 0 Å². The molecule has 0 bridgehead atoms. The molecule has 0 saturated heterocycles. The molecule has 1 N–H and O–H groups in total. The summed E-state index contributed by atoms with van der Waals surface area (Å²) in [6.07, 6.45) is -8.85. The van der Waals surface area contributed by atoms with Crippen LogP contribution in [0, 0.1) is 69.3 Å². The molecule has 62 heavy (non-hydrogen) atoms. The number of ketones is 1. The summed E-state index contributed by atoms with van der Waals surface area (Å²) >= 11 is 1.19. The van der Waals surface area contributed by atoms with Gasteiger partial charge in [0.15, 0.2) is 11.7 Å². The number of carbonyl (C=O) groups is 1. The second-order valence-corrected chi connectivity index (χ2v) is 20.0. The third-order valence-electron chi connectivity index (χ3n) is 11.5. The molecule has 0 atom stereocenters. The molecule has 3 nitrogen and oxygen atoms in total. The number of allylic oxidation sites excluding steroid dienone is 2. The molecular weight excluding hydrogens is 997 g/mol. The largest absolute Gasteiger partial charge is 0.512 e. The summed E-state index contributed by atoms with van der Waals surface area (Å²) in [6.45, 7) is 30.1. The number of aryl methyl sites for hydroxylation is 4. The Morgan fingerprint density at radius 1 is 0.774 bits per heavy atom. The van der Waals surface area contributed by atoms with Crippen LogP contribution in [0.15, 0.2) is 60.5 Å². The Hall–Kier alpha value is -3.53. The third kappa shape index (κ3) is 11.6. The van der Waals surface area contributed by atoms with Crippen molar-refractivity contribution in [3.05, 3.63) is 99.9 Å². The first kappa shape index (κ1) is 52.8. The van der Waals surface area contributed by atoms with Gasteiger partial charge in [0.2, 0.25) is 0 Å². The smallest absolute Gasteiger partial charge is 0.404 e. The van der Waals surface area contributed by atoms with Crippen LogP contribution in [0.2, 0.25) is 0 Å². The number of alkyl halides is 6. The maximum absolute atomic E-state index is 14.1. The Kier molecular flexibility index (Phi) is 17.1. The summed E-state index contributed by atoms with van der Waals surface area (Å²) in [7, 11) is 0. The molecule has 0 fully saturated rings. The standard InChI is InChI=1S/C34H30F6NS.C17H32O2.Ir/c1-17-12-18(2)26(19(3)13-17)29-20(4)27-24(31(33(35,36)37)34(38,39)40)16-41-28(30(27)42-29)22-14-21-10-8-9-11-23(21)25(15-22)32(5,6)7;1-10(2)16(11(3)4)14(18)9-15(19)17(12(5)6)13(7)8;/h8-13,15-16,31H,1-7H3;9-13,16-18H,1-8H3;/q-1;;/b;14-9-;. The molecule has 0 aliphatic carbocycles. The quantitative estimate of drug-likeness (QED) is 0.0656. The van der Waals surface area contributed by atoms with Crippen molar-refractivity contribution in [1.82, 2.24) is 4.98 Å². The van der Waals surface area contributed by atoms with Gasteiger partial charge in [-0.05, 0) is 90.0 Å². The molecule has 341 valence electrons. The number of nitrogens with zero attached hydrogens (tertiary/aromatic N) is 1. The van der Waals surface area contributed by atoms with E-state index < -0.39 is 23.8 Å². The van der Waals surface area contributed by atoms with Gasteiger partial charge in [0.1, 0.15) is 0 Å². The van der Waals surface area contributed by atoms with Crippen molar-refractivity contribution in [2.75, 3.05) is 0 Å². The molecule has 0 unspecified atom stereocenters. The Morgan fingerprint density at radius 3 is 1.74 bits per heavy atom. The Morgan fingerprint density at radius 2 is 1.27 bits per heavy atom. The number of hydrogen-bond acceptors (Lipinski definition) is 4. The van der Waals surface area contributed by atoms with Crippen molar-refractivity contribution in [2.24, 2.45) is 35.5 Å². The van der Waals surface area contributed by atoms with Crippen LogP contribution in [0.4, 0.5) is 26.3 Å². The normalized spacial score (nSPS) is 13.1. The maximum atomic E-state index is 14.1. The number of fused-ring (bicyclic) bond motifs is 2. The van der Waals surface area contributed by atoms with E-state index in [0.29, 0.717) is 45.4 Å². The fourth-order valence-corrected chi connectivity index (χ4v) is 10.7. The number of aliphatic hydroxyl groups is 1. The number of halogens is 6. The van der Waals surface area contributed by atoms with Crippen LogP contribution in [0.5, 0.6) is 0 Å². The van der Waals surface area contributed by atoms with Gasteiger partial charge in [0.25, 0.3) is 0 Å². The monoisotopic (exact) mass is 1060 g/mol. The Labute approximate surface area is 382 Å². The van der Waals surface area contributed by atoms with Crippen LogP contribution in [0.25, 0.3) is 42.6 Å². The summed E-state index contributed by atoms with van der Waals surface area (Å²) in [6, 6.07) is 16.9. The van der Waals surface area contributed by atoms with Gasteiger partial charge in [0, 0.05) is 59.5 Å². The molecule has 1 radical (unpaired) electrons. The predicted molar refractivity (Wildman–Crippen MR) is 241 cm³/mol. The molecule has 2 heterocycles. The molecule has 5 aromatic rings. The molecule has 0 amide bonds. The number of benzene rings is 3. The Bertz CT molecular complexity index is 2350. The van der Waals surface area contributed by atoms with Gasteiger partial charge >= 0.3 is 12.4 Å². The minimum atomic E-state index is -5.55. The van der Waals surface area contributed by atoms with Crippen molar-refractivity contribution in [2.45, 2.75) is 128 Å². The van der Waals surface area contributed by atoms with Gasteiger partial charge in [-0.25, -0.2) is 0 Å². The fraction of sp³-hybridized carbons (Fsp3) is 0.490. The second kappa shape index (κ2) is 20.1. The van der Waals surface area contributed by atoms with E-state index in [9.17, 15) is 36.2 Å². The average molecular weight is 1060 g/mol. The van der Waals surface area contributed by atoms with Gasteiger partial charge in [-0.3, -0.25) is 9.78 Å². The number of carbonyl (C=O) groups excluding carboxylic acids is 1. The zero-order chi connectivity index (χ0) is 46.3. The zero-order valence-corrected chi connectivity index (χ0v) is 41.8. The van der Waals surface area contributed by atoms with E-state index in [0.717, 1.165) is 44.8 Å². The average Bonchev–Trinajstić information content (AvgIpc) is 3.41.